The van der Waals surface area contributed by atoms with E-state index >= 15 is 0 Å². The van der Waals surface area contributed by atoms with Crippen LogP contribution >= 0.6 is 0 Å². The molecule has 1 aliphatic carbocycles. The van der Waals surface area contributed by atoms with E-state index in [-0.39, 0.29) is 11.9 Å². The van der Waals surface area contributed by atoms with Gasteiger partial charge in [-0.1, -0.05) is 5.16 Å². The van der Waals surface area contributed by atoms with Crippen LogP contribution in [-0.4, -0.2) is 36.3 Å². The van der Waals surface area contributed by atoms with Gasteiger partial charge in [0.1, 0.15) is 0 Å². The average molecular weight is 345 g/mol. The largest absolute Gasteiger partial charge is 0.493 e. The Balaban J connectivity index is 1.59. The zero-order chi connectivity index (χ0) is 17.8. The molecule has 1 aliphatic rings. The van der Waals surface area contributed by atoms with Crippen molar-refractivity contribution in [3.63, 3.8) is 0 Å². The number of nitrogens with zero attached hydrogens (tertiary/aromatic N) is 2. The van der Waals surface area contributed by atoms with Crippen molar-refractivity contribution in [2.45, 2.75) is 38.6 Å². The molecule has 7 nitrogen and oxygen atoms in total. The normalized spacial score (nSPS) is 14.8. The Labute approximate surface area is 146 Å². The first-order valence-electron chi connectivity index (χ1n) is 8.45. The van der Waals surface area contributed by atoms with Gasteiger partial charge < -0.3 is 19.3 Å². The van der Waals surface area contributed by atoms with Crippen molar-refractivity contribution in [3.05, 3.63) is 24.1 Å². The van der Waals surface area contributed by atoms with Gasteiger partial charge in [0, 0.05) is 24.4 Å². The van der Waals surface area contributed by atoms with Crippen molar-refractivity contribution < 1.29 is 18.8 Å². The molecule has 7 heteroatoms. The third-order valence-corrected chi connectivity index (χ3v) is 4.39. The number of methoxy groups -OCH3 is 2. The summed E-state index contributed by atoms with van der Waals surface area (Å²) in [5.41, 5.74) is 0.763. The minimum Gasteiger partial charge on any atom is -0.493 e. The second kappa shape index (κ2) is 7.55. The van der Waals surface area contributed by atoms with Gasteiger partial charge in [-0.05, 0) is 43.9 Å². The summed E-state index contributed by atoms with van der Waals surface area (Å²) in [5.74, 6) is 2.80. The fraction of sp³-hybridized carbons (Fsp3) is 0.500. The standard InChI is InChI=1S/C18H23N3O4/c1-11(12-4-5-12)19-16(22)8-9-17-20-18(21-25-17)13-6-7-14(23-2)15(10-13)24-3/h6-7,10-12H,4-5,8-9H2,1-3H3,(H,19,22)/t11-/m0/s1. The first-order valence-corrected chi connectivity index (χ1v) is 8.45. The number of aromatic nitrogens is 2. The van der Waals surface area contributed by atoms with E-state index in [1.165, 1.54) is 12.8 Å². The number of carbonyl (C=O) groups excluding carboxylic acids is 1. The van der Waals surface area contributed by atoms with E-state index in [0.29, 0.717) is 42.0 Å². The monoisotopic (exact) mass is 345 g/mol. The molecule has 0 aliphatic heterocycles. The first kappa shape index (κ1) is 17.3. The Morgan fingerprint density at radius 1 is 1.32 bits per heavy atom. The van der Waals surface area contributed by atoms with Crippen LogP contribution in [0.1, 0.15) is 32.1 Å². The molecule has 0 saturated heterocycles. The Kier molecular flexibility index (Phi) is 5.21. The summed E-state index contributed by atoms with van der Waals surface area (Å²) in [6, 6.07) is 5.66. The van der Waals surface area contributed by atoms with E-state index < -0.39 is 0 Å². The average Bonchev–Trinajstić information content (AvgIpc) is 3.38. The molecular formula is C18H23N3O4. The predicted molar refractivity (Wildman–Crippen MR) is 91.5 cm³/mol. The van der Waals surface area contributed by atoms with Crippen LogP contribution in [0.2, 0.25) is 0 Å². The maximum atomic E-state index is 12.0. The fourth-order valence-electron chi connectivity index (χ4n) is 2.71. The molecule has 134 valence electrons. The molecule has 0 unspecified atom stereocenters. The third-order valence-electron chi connectivity index (χ3n) is 4.39. The molecule has 25 heavy (non-hydrogen) atoms. The maximum Gasteiger partial charge on any atom is 0.227 e. The first-order chi connectivity index (χ1) is 12.1. The van der Waals surface area contributed by atoms with Crippen LogP contribution in [-0.2, 0) is 11.2 Å². The van der Waals surface area contributed by atoms with Gasteiger partial charge in [0.25, 0.3) is 0 Å². The summed E-state index contributed by atoms with van der Waals surface area (Å²) < 4.78 is 15.7. The molecular weight excluding hydrogens is 322 g/mol. The summed E-state index contributed by atoms with van der Waals surface area (Å²) in [6.07, 6.45) is 3.17. The number of aryl methyl sites for hydroxylation is 1. The van der Waals surface area contributed by atoms with E-state index in [1.807, 2.05) is 6.07 Å². The van der Waals surface area contributed by atoms with Gasteiger partial charge in [-0.2, -0.15) is 4.98 Å². The van der Waals surface area contributed by atoms with Gasteiger partial charge in [-0.3, -0.25) is 4.79 Å². The van der Waals surface area contributed by atoms with Gasteiger partial charge in [0.05, 0.1) is 14.2 Å². The van der Waals surface area contributed by atoms with Crippen LogP contribution in [0.4, 0.5) is 0 Å². The van der Waals surface area contributed by atoms with Crippen LogP contribution in [0.3, 0.4) is 0 Å². The third kappa shape index (κ3) is 4.29. The number of amides is 1. The summed E-state index contributed by atoms with van der Waals surface area (Å²) in [5, 5.41) is 7.00. The van der Waals surface area contributed by atoms with E-state index in [2.05, 4.69) is 22.4 Å². The molecule has 1 aromatic carbocycles. The van der Waals surface area contributed by atoms with Crippen molar-refractivity contribution in [2.24, 2.45) is 5.92 Å². The molecule has 0 spiro atoms. The molecule has 2 aromatic rings. The molecule has 1 amide bonds. The second-order valence-electron chi connectivity index (χ2n) is 6.28. The van der Waals surface area contributed by atoms with E-state index in [1.54, 1.807) is 26.4 Å². The van der Waals surface area contributed by atoms with Crippen molar-refractivity contribution in [1.82, 2.24) is 15.5 Å². The van der Waals surface area contributed by atoms with E-state index in [9.17, 15) is 4.79 Å². The zero-order valence-electron chi connectivity index (χ0n) is 14.7. The highest BCUT2D eigenvalue weighted by molar-refractivity contribution is 5.76. The SMILES string of the molecule is COc1ccc(-c2noc(CCC(=O)N[C@@H](C)C3CC3)n2)cc1OC. The second-order valence-corrected chi connectivity index (χ2v) is 6.28. The molecule has 1 atom stereocenters. The lowest BCUT2D eigenvalue weighted by atomic mass is 10.2. The Morgan fingerprint density at radius 2 is 2.08 bits per heavy atom. The number of ether oxygens (including phenoxy) is 2. The zero-order valence-corrected chi connectivity index (χ0v) is 14.7. The minimum atomic E-state index is 0.0188. The molecule has 1 fully saturated rings. The number of hydrogen-bond donors (Lipinski definition) is 1. The Bertz CT molecular complexity index is 740. The number of carbonyl (C=O) groups is 1. The van der Waals surface area contributed by atoms with Crippen molar-refractivity contribution in [2.75, 3.05) is 14.2 Å². The fourth-order valence-corrected chi connectivity index (χ4v) is 2.71. The van der Waals surface area contributed by atoms with Gasteiger partial charge >= 0.3 is 0 Å². The van der Waals surface area contributed by atoms with Crippen LogP contribution in [0.15, 0.2) is 22.7 Å². The van der Waals surface area contributed by atoms with Crippen LogP contribution in [0.25, 0.3) is 11.4 Å². The topological polar surface area (TPSA) is 86.5 Å². The van der Waals surface area contributed by atoms with Crippen molar-refractivity contribution in [3.8, 4) is 22.9 Å². The number of rotatable bonds is 8. The van der Waals surface area contributed by atoms with E-state index in [4.69, 9.17) is 14.0 Å². The van der Waals surface area contributed by atoms with Crippen LogP contribution in [0.5, 0.6) is 11.5 Å². The highest BCUT2D eigenvalue weighted by atomic mass is 16.5. The highest BCUT2D eigenvalue weighted by Gasteiger charge is 2.28. The molecule has 1 saturated carbocycles. The van der Waals surface area contributed by atoms with Crippen LogP contribution in [0, 0.1) is 5.92 Å². The lowest BCUT2D eigenvalue weighted by molar-refractivity contribution is -0.121. The predicted octanol–water partition coefficient (Wildman–Crippen LogP) is 2.60. The lowest BCUT2D eigenvalue weighted by Crippen LogP contribution is -2.34. The Hall–Kier alpha value is -2.57. The Morgan fingerprint density at radius 3 is 2.76 bits per heavy atom. The van der Waals surface area contributed by atoms with Crippen molar-refractivity contribution >= 4 is 5.91 Å². The summed E-state index contributed by atoms with van der Waals surface area (Å²) in [7, 11) is 3.16. The van der Waals surface area contributed by atoms with Gasteiger partial charge in [-0.25, -0.2) is 0 Å². The highest BCUT2D eigenvalue weighted by Crippen LogP contribution is 2.32. The number of nitrogens with one attached hydrogen (secondary N) is 1. The maximum absolute atomic E-state index is 12.0. The quantitative estimate of drug-likeness (QED) is 0.791. The summed E-state index contributed by atoms with van der Waals surface area (Å²) in [4.78, 5) is 16.3. The van der Waals surface area contributed by atoms with Crippen molar-refractivity contribution in [1.29, 1.82) is 0 Å². The molecule has 1 heterocycles. The molecule has 1 aromatic heterocycles. The lowest BCUT2D eigenvalue weighted by Gasteiger charge is -2.11. The van der Waals surface area contributed by atoms with Crippen LogP contribution < -0.4 is 14.8 Å². The summed E-state index contributed by atoms with van der Waals surface area (Å²) >= 11 is 0. The molecule has 0 bridgehead atoms. The molecule has 1 N–H and O–H groups in total. The van der Waals surface area contributed by atoms with E-state index in [0.717, 1.165) is 5.56 Å². The summed E-state index contributed by atoms with van der Waals surface area (Å²) in [6.45, 7) is 2.05. The smallest absolute Gasteiger partial charge is 0.227 e. The molecule has 3 rings (SSSR count). The number of hydrogen-bond acceptors (Lipinski definition) is 6. The minimum absolute atomic E-state index is 0.0188. The van der Waals surface area contributed by atoms with Gasteiger partial charge in [0.2, 0.25) is 17.6 Å². The number of benzene rings is 1. The van der Waals surface area contributed by atoms with Gasteiger partial charge in [-0.15, -0.1) is 0 Å². The van der Waals surface area contributed by atoms with Gasteiger partial charge in [0.15, 0.2) is 11.5 Å². The molecule has 0 radical (unpaired) electrons.